The molecule has 1 N–H and O–H groups in total. The summed E-state index contributed by atoms with van der Waals surface area (Å²) in [5.74, 6) is -0.661. The van der Waals surface area contributed by atoms with Crippen LogP contribution in [0.1, 0.15) is 38.5 Å². The molecular weight excluding hydrogens is 178 g/mol. The molecule has 1 aliphatic carbocycles. The van der Waals surface area contributed by atoms with Gasteiger partial charge in [-0.3, -0.25) is 4.79 Å². The predicted molar refractivity (Wildman–Crippen MR) is 54.2 cm³/mol. The van der Waals surface area contributed by atoms with Crippen molar-refractivity contribution in [2.45, 2.75) is 44.6 Å². The van der Waals surface area contributed by atoms with Gasteiger partial charge in [0.05, 0.1) is 5.92 Å². The molecule has 0 aromatic heterocycles. The number of carboxylic acid groups (broad SMARTS) is 1. The highest BCUT2D eigenvalue weighted by Crippen LogP contribution is 2.30. The molecule has 2 atom stereocenters. The van der Waals surface area contributed by atoms with Crippen molar-refractivity contribution in [3.8, 4) is 0 Å². The Hall–Kier alpha value is -0.570. The number of nitrogens with zero attached hydrogens (tertiary/aromatic N) is 1. The van der Waals surface area contributed by atoms with Crippen LogP contribution >= 0.6 is 0 Å². The van der Waals surface area contributed by atoms with E-state index < -0.39 is 5.97 Å². The topological polar surface area (TPSA) is 40.5 Å². The van der Waals surface area contributed by atoms with Gasteiger partial charge in [0, 0.05) is 6.04 Å². The molecule has 0 amide bonds. The fourth-order valence-corrected chi connectivity index (χ4v) is 2.80. The molecule has 2 rings (SSSR count). The van der Waals surface area contributed by atoms with Gasteiger partial charge >= 0.3 is 5.97 Å². The molecule has 14 heavy (non-hydrogen) atoms. The van der Waals surface area contributed by atoms with Crippen LogP contribution in [-0.4, -0.2) is 35.1 Å². The number of hydrogen-bond acceptors (Lipinski definition) is 2. The van der Waals surface area contributed by atoms with Crippen LogP contribution in [0, 0.1) is 5.92 Å². The van der Waals surface area contributed by atoms with Gasteiger partial charge in [0.15, 0.2) is 0 Å². The molecule has 1 saturated carbocycles. The third-order valence-corrected chi connectivity index (χ3v) is 3.66. The minimum atomic E-state index is -0.593. The van der Waals surface area contributed by atoms with Gasteiger partial charge in [-0.1, -0.05) is 6.42 Å². The number of carbonyl (C=O) groups is 1. The molecule has 2 fully saturated rings. The quantitative estimate of drug-likeness (QED) is 0.733. The van der Waals surface area contributed by atoms with Crippen LogP contribution in [0.2, 0.25) is 0 Å². The van der Waals surface area contributed by atoms with E-state index in [1.165, 1.54) is 32.4 Å². The molecule has 0 radical (unpaired) electrons. The third kappa shape index (κ3) is 2.08. The largest absolute Gasteiger partial charge is 0.481 e. The monoisotopic (exact) mass is 197 g/mol. The van der Waals surface area contributed by atoms with Gasteiger partial charge in [0.25, 0.3) is 0 Å². The van der Waals surface area contributed by atoms with Crippen molar-refractivity contribution in [2.24, 2.45) is 5.92 Å². The van der Waals surface area contributed by atoms with E-state index in [1.807, 2.05) is 0 Å². The molecule has 1 aliphatic heterocycles. The van der Waals surface area contributed by atoms with Crippen LogP contribution < -0.4 is 0 Å². The van der Waals surface area contributed by atoms with Gasteiger partial charge < -0.3 is 10.0 Å². The highest BCUT2D eigenvalue weighted by molar-refractivity contribution is 5.70. The molecule has 0 aromatic carbocycles. The maximum atomic E-state index is 10.8. The van der Waals surface area contributed by atoms with Crippen molar-refractivity contribution >= 4 is 5.97 Å². The highest BCUT2D eigenvalue weighted by Gasteiger charge is 2.33. The standard InChI is InChI=1S/C11H19NO2/c13-11(14)9-4-5-10(8-9)12-6-2-1-3-7-12/h9-10H,1-8H2,(H,13,14). The second-order valence-electron chi connectivity index (χ2n) is 4.60. The molecule has 2 aliphatic rings. The van der Waals surface area contributed by atoms with E-state index in [2.05, 4.69) is 4.90 Å². The summed E-state index contributed by atoms with van der Waals surface area (Å²) < 4.78 is 0. The number of rotatable bonds is 2. The van der Waals surface area contributed by atoms with Gasteiger partial charge in [-0.15, -0.1) is 0 Å². The van der Waals surface area contributed by atoms with E-state index in [0.717, 1.165) is 19.3 Å². The maximum Gasteiger partial charge on any atom is 0.306 e. The van der Waals surface area contributed by atoms with E-state index in [9.17, 15) is 4.79 Å². The number of hydrogen-bond donors (Lipinski definition) is 1. The first-order valence-corrected chi connectivity index (χ1v) is 5.74. The SMILES string of the molecule is O=C(O)C1CCC(N2CCCCC2)C1. The number of piperidine rings is 1. The molecule has 3 nitrogen and oxygen atoms in total. The Bertz CT molecular complexity index is 211. The lowest BCUT2D eigenvalue weighted by molar-refractivity contribution is -0.141. The first kappa shape index (κ1) is 9.97. The molecule has 0 bridgehead atoms. The average molecular weight is 197 g/mol. The van der Waals surface area contributed by atoms with Gasteiger partial charge in [0.1, 0.15) is 0 Å². The molecule has 1 heterocycles. The van der Waals surface area contributed by atoms with Crippen molar-refractivity contribution in [1.29, 1.82) is 0 Å². The average Bonchev–Trinajstić information content (AvgIpc) is 2.68. The van der Waals surface area contributed by atoms with E-state index in [1.54, 1.807) is 0 Å². The van der Waals surface area contributed by atoms with Gasteiger partial charge in [-0.2, -0.15) is 0 Å². The fraction of sp³-hybridized carbons (Fsp3) is 0.909. The minimum absolute atomic E-state index is 0.0677. The molecule has 0 aromatic rings. The van der Waals surface area contributed by atoms with Crippen LogP contribution in [0.3, 0.4) is 0 Å². The van der Waals surface area contributed by atoms with E-state index >= 15 is 0 Å². The second kappa shape index (κ2) is 4.30. The molecule has 3 heteroatoms. The van der Waals surface area contributed by atoms with Crippen LogP contribution in [0.25, 0.3) is 0 Å². The summed E-state index contributed by atoms with van der Waals surface area (Å²) in [4.78, 5) is 13.3. The lowest BCUT2D eigenvalue weighted by atomic mass is 10.1. The summed E-state index contributed by atoms with van der Waals surface area (Å²) in [7, 11) is 0. The van der Waals surface area contributed by atoms with E-state index in [-0.39, 0.29) is 5.92 Å². The number of aliphatic carboxylic acids is 1. The lowest BCUT2D eigenvalue weighted by Crippen LogP contribution is -2.37. The Kier molecular flexibility index (Phi) is 3.06. The zero-order valence-corrected chi connectivity index (χ0v) is 8.61. The number of carboxylic acids is 1. The molecule has 80 valence electrons. The van der Waals surface area contributed by atoms with Crippen molar-refractivity contribution in [3.05, 3.63) is 0 Å². The van der Waals surface area contributed by atoms with Crippen molar-refractivity contribution in [1.82, 2.24) is 4.90 Å². The zero-order valence-electron chi connectivity index (χ0n) is 8.61. The highest BCUT2D eigenvalue weighted by atomic mass is 16.4. The second-order valence-corrected chi connectivity index (χ2v) is 4.60. The van der Waals surface area contributed by atoms with Crippen LogP contribution in [0.15, 0.2) is 0 Å². The van der Waals surface area contributed by atoms with Crippen LogP contribution in [0.4, 0.5) is 0 Å². The number of likely N-dealkylation sites (tertiary alicyclic amines) is 1. The van der Waals surface area contributed by atoms with Crippen molar-refractivity contribution < 1.29 is 9.90 Å². The summed E-state index contributed by atoms with van der Waals surface area (Å²) in [6.45, 7) is 2.38. The zero-order chi connectivity index (χ0) is 9.97. The van der Waals surface area contributed by atoms with Crippen molar-refractivity contribution in [3.63, 3.8) is 0 Å². The maximum absolute atomic E-state index is 10.8. The fourth-order valence-electron chi connectivity index (χ4n) is 2.80. The molecule has 1 saturated heterocycles. The molecule has 2 unspecified atom stereocenters. The van der Waals surface area contributed by atoms with Crippen LogP contribution in [-0.2, 0) is 4.79 Å². The first-order chi connectivity index (χ1) is 6.77. The Labute approximate surface area is 85.1 Å². The lowest BCUT2D eigenvalue weighted by Gasteiger charge is -2.32. The van der Waals surface area contributed by atoms with Gasteiger partial charge in [-0.05, 0) is 45.2 Å². The Morgan fingerprint density at radius 1 is 1.14 bits per heavy atom. The molecular formula is C11H19NO2. The van der Waals surface area contributed by atoms with Gasteiger partial charge in [-0.25, -0.2) is 0 Å². The Morgan fingerprint density at radius 2 is 1.86 bits per heavy atom. The summed E-state index contributed by atoms with van der Waals surface area (Å²) in [6, 6.07) is 0.566. The van der Waals surface area contributed by atoms with E-state index in [4.69, 9.17) is 5.11 Å². The summed E-state index contributed by atoms with van der Waals surface area (Å²) in [5.41, 5.74) is 0. The summed E-state index contributed by atoms with van der Waals surface area (Å²) >= 11 is 0. The first-order valence-electron chi connectivity index (χ1n) is 5.74. The normalized spacial score (nSPS) is 34.6. The Morgan fingerprint density at radius 3 is 2.43 bits per heavy atom. The summed E-state index contributed by atoms with van der Waals surface area (Å²) in [6.07, 6.45) is 6.82. The smallest absolute Gasteiger partial charge is 0.306 e. The predicted octanol–water partition coefficient (Wildman–Crippen LogP) is 1.73. The van der Waals surface area contributed by atoms with E-state index in [0.29, 0.717) is 6.04 Å². The van der Waals surface area contributed by atoms with Crippen LogP contribution in [0.5, 0.6) is 0 Å². The van der Waals surface area contributed by atoms with Crippen molar-refractivity contribution in [2.75, 3.05) is 13.1 Å². The minimum Gasteiger partial charge on any atom is -0.481 e. The molecule has 0 spiro atoms. The summed E-state index contributed by atoms with van der Waals surface area (Å²) in [5, 5.41) is 8.91. The third-order valence-electron chi connectivity index (χ3n) is 3.66. The van der Waals surface area contributed by atoms with Gasteiger partial charge in [0.2, 0.25) is 0 Å². The Balaban J connectivity index is 1.85.